The number of rotatable bonds is 11. The number of hydrogen-bond acceptors (Lipinski definition) is 7. The summed E-state index contributed by atoms with van der Waals surface area (Å²) in [6, 6.07) is 19.0. The van der Waals surface area contributed by atoms with Gasteiger partial charge < -0.3 is 19.9 Å². The van der Waals surface area contributed by atoms with Gasteiger partial charge in [-0.2, -0.15) is 5.21 Å². The lowest BCUT2D eigenvalue weighted by Gasteiger charge is -2.22. The Labute approximate surface area is 248 Å². The summed E-state index contributed by atoms with van der Waals surface area (Å²) in [5.41, 5.74) is 5.25. The molecule has 2 N–H and O–H groups in total. The minimum absolute atomic E-state index is 0.123. The summed E-state index contributed by atoms with van der Waals surface area (Å²) >= 11 is 17.9. The van der Waals surface area contributed by atoms with Gasteiger partial charge in [0.1, 0.15) is 6.61 Å². The first-order chi connectivity index (χ1) is 19.1. The maximum absolute atomic E-state index is 12.9. The molecule has 0 saturated heterocycles. The molecule has 0 radical (unpaired) electrons. The van der Waals surface area contributed by atoms with E-state index in [1.807, 2.05) is 86.5 Å². The van der Waals surface area contributed by atoms with Crippen LogP contribution in [0.25, 0.3) is 5.69 Å². The quantitative estimate of drug-likeness (QED) is 0.218. The minimum Gasteiger partial charge on any atom is -0.376 e. The Balaban J connectivity index is 1.50. The summed E-state index contributed by atoms with van der Waals surface area (Å²) in [6.45, 7) is -0.123. The van der Waals surface area contributed by atoms with Crippen molar-refractivity contribution in [3.8, 4) is 5.69 Å². The van der Waals surface area contributed by atoms with Crippen LogP contribution in [-0.4, -0.2) is 67.0 Å². The number of nitrogens with one attached hydrogen (secondary N) is 2. The second-order valence-corrected chi connectivity index (χ2v) is 10.9. The summed E-state index contributed by atoms with van der Waals surface area (Å²) < 4.78 is 8.04. The van der Waals surface area contributed by atoms with Crippen LogP contribution in [0.3, 0.4) is 0 Å². The van der Waals surface area contributed by atoms with Gasteiger partial charge in [-0.3, -0.25) is 4.79 Å². The number of anilines is 3. The van der Waals surface area contributed by atoms with Crippen LogP contribution in [0, 0.1) is 4.77 Å². The molecule has 0 aliphatic carbocycles. The fourth-order valence-electron chi connectivity index (χ4n) is 4.25. The number of carbonyl (C=O) groups excluding carboxylic acids is 1. The Bertz CT molecular complexity index is 1480. The van der Waals surface area contributed by atoms with E-state index in [1.165, 1.54) is 0 Å². The first-order valence-electron chi connectivity index (χ1n) is 12.5. The Morgan fingerprint density at radius 3 is 2.10 bits per heavy atom. The molecular formula is C28H31Cl2N7O2S. The van der Waals surface area contributed by atoms with Crippen molar-refractivity contribution in [2.24, 2.45) is 0 Å². The summed E-state index contributed by atoms with van der Waals surface area (Å²) in [5.74, 6) is -0.274. The van der Waals surface area contributed by atoms with Gasteiger partial charge >= 0.3 is 0 Å². The number of hydrogen-bond donors (Lipinski definition) is 2. The van der Waals surface area contributed by atoms with Crippen LogP contribution < -0.4 is 15.1 Å². The SMILES string of the molecule is CN(C)c1cc(CC(Cc2ccc(Cl)c(N(C)C)c2)OCC(=O)Nc2cccc(-n3[nH]nnc3=S)c2)ccc1Cl. The summed E-state index contributed by atoms with van der Waals surface area (Å²) in [4.78, 5) is 16.9. The highest BCUT2D eigenvalue weighted by molar-refractivity contribution is 7.71. The fourth-order valence-corrected chi connectivity index (χ4v) is 5.01. The van der Waals surface area contributed by atoms with E-state index in [9.17, 15) is 4.79 Å². The maximum Gasteiger partial charge on any atom is 0.250 e. The number of aromatic nitrogens is 4. The number of halogens is 2. The number of carbonyl (C=O) groups is 1. The topological polar surface area (TPSA) is 91.3 Å². The molecule has 0 atom stereocenters. The molecule has 12 heteroatoms. The van der Waals surface area contributed by atoms with Gasteiger partial charge in [-0.1, -0.05) is 51.7 Å². The zero-order valence-corrected chi connectivity index (χ0v) is 25.0. The van der Waals surface area contributed by atoms with E-state index in [0.29, 0.717) is 34.3 Å². The van der Waals surface area contributed by atoms with Crippen LogP contribution in [0.4, 0.5) is 17.1 Å². The zero-order chi connectivity index (χ0) is 28.8. The average Bonchev–Trinajstić information content (AvgIpc) is 3.35. The van der Waals surface area contributed by atoms with E-state index in [-0.39, 0.29) is 23.4 Å². The van der Waals surface area contributed by atoms with E-state index >= 15 is 0 Å². The van der Waals surface area contributed by atoms with Crippen molar-refractivity contribution < 1.29 is 9.53 Å². The van der Waals surface area contributed by atoms with E-state index in [0.717, 1.165) is 22.5 Å². The lowest BCUT2D eigenvalue weighted by atomic mass is 10.00. The number of H-pyrrole nitrogens is 1. The van der Waals surface area contributed by atoms with Crippen molar-refractivity contribution >= 4 is 58.4 Å². The lowest BCUT2D eigenvalue weighted by Crippen LogP contribution is -2.26. The number of amides is 1. The lowest BCUT2D eigenvalue weighted by molar-refractivity contribution is -0.122. The van der Waals surface area contributed by atoms with Crippen LogP contribution in [0.5, 0.6) is 0 Å². The van der Waals surface area contributed by atoms with Gasteiger partial charge in [-0.25, -0.2) is 4.68 Å². The van der Waals surface area contributed by atoms with Crippen molar-refractivity contribution in [1.82, 2.24) is 20.2 Å². The molecule has 4 rings (SSSR count). The number of benzene rings is 3. The molecule has 9 nitrogen and oxygen atoms in total. The highest BCUT2D eigenvalue weighted by atomic mass is 35.5. The molecule has 1 aromatic heterocycles. The van der Waals surface area contributed by atoms with Gasteiger partial charge in [0.15, 0.2) is 0 Å². The molecule has 0 bridgehead atoms. The van der Waals surface area contributed by atoms with Crippen molar-refractivity contribution in [2.75, 3.05) is 49.9 Å². The summed E-state index contributed by atoms with van der Waals surface area (Å²) in [5, 5.41) is 14.4. The van der Waals surface area contributed by atoms with Crippen molar-refractivity contribution in [1.29, 1.82) is 0 Å². The Morgan fingerprint density at radius 2 is 1.57 bits per heavy atom. The van der Waals surface area contributed by atoms with E-state index in [4.69, 9.17) is 40.2 Å². The zero-order valence-electron chi connectivity index (χ0n) is 22.7. The first kappa shape index (κ1) is 29.5. The average molecular weight is 601 g/mol. The summed E-state index contributed by atoms with van der Waals surface area (Å²) in [7, 11) is 7.80. The molecule has 3 aromatic carbocycles. The van der Waals surface area contributed by atoms with Gasteiger partial charge in [-0.15, -0.1) is 0 Å². The summed E-state index contributed by atoms with van der Waals surface area (Å²) in [6.07, 6.45) is 0.899. The van der Waals surface area contributed by atoms with Gasteiger partial charge in [0.25, 0.3) is 0 Å². The van der Waals surface area contributed by atoms with Crippen LogP contribution in [-0.2, 0) is 22.4 Å². The van der Waals surface area contributed by atoms with Crippen LogP contribution in [0.15, 0.2) is 60.7 Å². The standard InChI is InChI=1S/C28H31Cl2N7O2S/c1-35(2)25-14-18(8-10-23(25)29)12-22(13-19-9-11-24(30)26(15-19)36(3)4)39-17-27(38)31-20-6-5-7-21(16-20)37-28(40)32-33-34-37/h5-11,14-16,22H,12-13,17H2,1-4H3,(H,31,38)(H,32,34,40). The second-order valence-electron chi connectivity index (χ2n) is 9.72. The number of ether oxygens (including phenoxy) is 1. The molecule has 0 spiro atoms. The Morgan fingerprint density at radius 1 is 0.975 bits per heavy atom. The molecule has 0 aliphatic rings. The predicted molar refractivity (Wildman–Crippen MR) is 164 cm³/mol. The first-order valence-corrected chi connectivity index (χ1v) is 13.7. The molecule has 1 amide bonds. The van der Waals surface area contributed by atoms with Crippen LogP contribution in [0.2, 0.25) is 10.0 Å². The second kappa shape index (κ2) is 13.3. The molecule has 0 fully saturated rings. The molecule has 4 aromatic rings. The van der Waals surface area contributed by atoms with E-state index < -0.39 is 0 Å². The number of tetrazole rings is 1. The molecule has 0 saturated carbocycles. The predicted octanol–water partition coefficient (Wildman–Crippen LogP) is 5.57. The third-order valence-electron chi connectivity index (χ3n) is 6.22. The number of aromatic amines is 1. The van der Waals surface area contributed by atoms with Crippen LogP contribution >= 0.6 is 35.4 Å². The normalized spacial score (nSPS) is 11.1. The van der Waals surface area contributed by atoms with E-state index in [2.05, 4.69) is 20.8 Å². The van der Waals surface area contributed by atoms with E-state index in [1.54, 1.807) is 16.8 Å². The maximum atomic E-state index is 12.9. The van der Waals surface area contributed by atoms with Crippen molar-refractivity contribution in [2.45, 2.75) is 18.9 Å². The number of nitrogens with zero attached hydrogens (tertiary/aromatic N) is 5. The van der Waals surface area contributed by atoms with Crippen molar-refractivity contribution in [3.63, 3.8) is 0 Å². The minimum atomic E-state index is -0.279. The molecular weight excluding hydrogens is 569 g/mol. The molecule has 0 aliphatic heterocycles. The monoisotopic (exact) mass is 599 g/mol. The third kappa shape index (κ3) is 7.60. The van der Waals surface area contributed by atoms with Crippen molar-refractivity contribution in [3.05, 3.63) is 86.6 Å². The smallest absolute Gasteiger partial charge is 0.250 e. The largest absolute Gasteiger partial charge is 0.376 e. The van der Waals surface area contributed by atoms with Crippen LogP contribution in [0.1, 0.15) is 11.1 Å². The highest BCUT2D eigenvalue weighted by Gasteiger charge is 2.17. The van der Waals surface area contributed by atoms with Gasteiger partial charge in [0.05, 0.1) is 33.2 Å². The van der Waals surface area contributed by atoms with Gasteiger partial charge in [-0.05, 0) is 78.7 Å². The third-order valence-corrected chi connectivity index (χ3v) is 7.12. The molecule has 40 heavy (non-hydrogen) atoms. The fraction of sp³-hybridized carbons (Fsp3) is 0.286. The van der Waals surface area contributed by atoms with Gasteiger partial charge in [0, 0.05) is 33.9 Å². The Kier molecular flexibility index (Phi) is 9.80. The Hall–Kier alpha value is -3.44. The highest BCUT2D eigenvalue weighted by Crippen LogP contribution is 2.28. The molecule has 1 heterocycles. The van der Waals surface area contributed by atoms with Gasteiger partial charge in [0.2, 0.25) is 10.7 Å². The molecule has 0 unspecified atom stereocenters. The molecule has 210 valence electrons.